The highest BCUT2D eigenvalue weighted by atomic mass is 32.2. The number of nitrogen functional groups attached to an aromatic ring is 1. The normalized spacial score (nSPS) is 24.1. The van der Waals surface area contributed by atoms with Crippen molar-refractivity contribution in [2.45, 2.75) is 30.7 Å². The van der Waals surface area contributed by atoms with Crippen LogP contribution in [0.1, 0.15) is 19.8 Å². The van der Waals surface area contributed by atoms with E-state index in [4.69, 9.17) is 10.9 Å². The molecule has 0 aromatic heterocycles. The number of benzene rings is 1. The molecule has 2 rings (SSSR count). The molecule has 0 radical (unpaired) electrons. The Morgan fingerprint density at radius 1 is 1.35 bits per heavy atom. The highest BCUT2D eigenvalue weighted by Crippen LogP contribution is 2.32. The first-order valence-electron chi connectivity index (χ1n) is 5.55. The van der Waals surface area contributed by atoms with Gasteiger partial charge in [0.15, 0.2) is 0 Å². The summed E-state index contributed by atoms with van der Waals surface area (Å²) in [5, 5.41) is 8.36. The summed E-state index contributed by atoms with van der Waals surface area (Å²) in [5.74, 6) is 0.694. The van der Waals surface area contributed by atoms with E-state index in [0.717, 1.165) is 12.8 Å². The molecule has 0 atom stereocenters. The van der Waals surface area contributed by atoms with Crippen LogP contribution in [-0.4, -0.2) is 14.5 Å². The van der Waals surface area contributed by atoms with Gasteiger partial charge in [0.1, 0.15) is 4.90 Å². The number of anilines is 2. The number of rotatable bonds is 3. The molecule has 0 spiro atoms. The SMILES string of the molecule is CC1CC(Nc2ccc(N)cc2S(N)(=O)=O)C1. The van der Waals surface area contributed by atoms with Crippen molar-refractivity contribution in [3.8, 4) is 0 Å². The van der Waals surface area contributed by atoms with E-state index < -0.39 is 10.0 Å². The maximum Gasteiger partial charge on any atom is 0.240 e. The second-order valence-electron chi connectivity index (χ2n) is 4.72. The topological polar surface area (TPSA) is 98.2 Å². The molecule has 94 valence electrons. The van der Waals surface area contributed by atoms with Crippen LogP contribution in [0.25, 0.3) is 0 Å². The Hall–Kier alpha value is -1.27. The molecular weight excluding hydrogens is 238 g/mol. The maximum atomic E-state index is 11.4. The highest BCUT2D eigenvalue weighted by molar-refractivity contribution is 7.89. The second kappa shape index (κ2) is 4.19. The molecule has 1 aromatic rings. The van der Waals surface area contributed by atoms with Crippen molar-refractivity contribution in [1.29, 1.82) is 0 Å². The van der Waals surface area contributed by atoms with Crippen LogP contribution < -0.4 is 16.2 Å². The van der Waals surface area contributed by atoms with E-state index >= 15 is 0 Å². The summed E-state index contributed by atoms with van der Waals surface area (Å²) >= 11 is 0. The number of sulfonamides is 1. The Morgan fingerprint density at radius 3 is 2.53 bits per heavy atom. The van der Waals surface area contributed by atoms with Gasteiger partial charge in [-0.25, -0.2) is 13.6 Å². The molecule has 1 saturated carbocycles. The molecule has 0 saturated heterocycles. The standard InChI is InChI=1S/C11H17N3O2S/c1-7-4-9(5-7)14-10-3-2-8(12)6-11(10)17(13,15)16/h2-3,6-7,9,14H,4-5,12H2,1H3,(H2,13,15,16). The van der Waals surface area contributed by atoms with Crippen molar-refractivity contribution in [2.24, 2.45) is 11.1 Å². The van der Waals surface area contributed by atoms with Gasteiger partial charge in [0.05, 0.1) is 5.69 Å². The minimum Gasteiger partial charge on any atom is -0.399 e. The molecule has 17 heavy (non-hydrogen) atoms. The van der Waals surface area contributed by atoms with E-state index in [1.807, 2.05) is 0 Å². The molecular formula is C11H17N3O2S. The van der Waals surface area contributed by atoms with Crippen LogP contribution in [0, 0.1) is 5.92 Å². The van der Waals surface area contributed by atoms with Crippen molar-refractivity contribution >= 4 is 21.4 Å². The molecule has 0 unspecified atom stereocenters. The third-order valence-corrected chi connectivity index (χ3v) is 4.00. The smallest absolute Gasteiger partial charge is 0.240 e. The van der Waals surface area contributed by atoms with Crippen LogP contribution in [0.3, 0.4) is 0 Å². The van der Waals surface area contributed by atoms with Gasteiger partial charge in [-0.05, 0) is 37.0 Å². The number of primary sulfonamides is 1. The van der Waals surface area contributed by atoms with Crippen molar-refractivity contribution in [3.05, 3.63) is 18.2 Å². The Balaban J connectivity index is 2.27. The van der Waals surface area contributed by atoms with Crippen LogP contribution >= 0.6 is 0 Å². The Kier molecular flexibility index (Phi) is 3.01. The minimum atomic E-state index is -3.74. The minimum absolute atomic E-state index is 0.0667. The molecule has 0 aliphatic heterocycles. The fraction of sp³-hybridized carbons (Fsp3) is 0.455. The summed E-state index contributed by atoms with van der Waals surface area (Å²) in [6.07, 6.45) is 2.10. The highest BCUT2D eigenvalue weighted by Gasteiger charge is 2.26. The van der Waals surface area contributed by atoms with E-state index in [2.05, 4.69) is 12.2 Å². The quantitative estimate of drug-likeness (QED) is 0.705. The van der Waals surface area contributed by atoms with E-state index in [9.17, 15) is 8.42 Å². The zero-order chi connectivity index (χ0) is 12.6. The molecule has 1 aromatic carbocycles. The van der Waals surface area contributed by atoms with Crippen molar-refractivity contribution < 1.29 is 8.42 Å². The fourth-order valence-corrected chi connectivity index (χ4v) is 2.87. The first kappa shape index (κ1) is 12.2. The van der Waals surface area contributed by atoms with Gasteiger partial charge in [0.25, 0.3) is 0 Å². The second-order valence-corrected chi connectivity index (χ2v) is 6.25. The number of nitrogens with one attached hydrogen (secondary N) is 1. The van der Waals surface area contributed by atoms with Crippen LogP contribution in [-0.2, 0) is 10.0 Å². The predicted octanol–water partition coefficient (Wildman–Crippen LogP) is 1.13. The largest absolute Gasteiger partial charge is 0.399 e. The summed E-state index contributed by atoms with van der Waals surface area (Å²) < 4.78 is 22.9. The Labute approximate surface area is 101 Å². The monoisotopic (exact) mass is 255 g/mol. The van der Waals surface area contributed by atoms with Gasteiger partial charge in [-0.3, -0.25) is 0 Å². The Morgan fingerprint density at radius 2 is 2.00 bits per heavy atom. The molecule has 6 heteroatoms. The summed E-state index contributed by atoms with van der Waals surface area (Å²) in [6.45, 7) is 2.17. The lowest BCUT2D eigenvalue weighted by atomic mass is 9.82. The van der Waals surface area contributed by atoms with E-state index in [1.165, 1.54) is 6.07 Å². The molecule has 1 aliphatic rings. The lowest BCUT2D eigenvalue weighted by Gasteiger charge is -2.34. The third kappa shape index (κ3) is 2.70. The predicted molar refractivity (Wildman–Crippen MR) is 68.0 cm³/mol. The number of hydrogen-bond acceptors (Lipinski definition) is 4. The Bertz CT molecular complexity index is 522. The van der Waals surface area contributed by atoms with Gasteiger partial charge in [0, 0.05) is 11.7 Å². The van der Waals surface area contributed by atoms with Crippen molar-refractivity contribution in [3.63, 3.8) is 0 Å². The van der Waals surface area contributed by atoms with Crippen LogP contribution in [0.2, 0.25) is 0 Å². The van der Waals surface area contributed by atoms with Crippen LogP contribution in [0.15, 0.2) is 23.1 Å². The summed E-state index contributed by atoms with van der Waals surface area (Å²) in [4.78, 5) is 0.0667. The maximum absolute atomic E-state index is 11.4. The first-order valence-corrected chi connectivity index (χ1v) is 7.10. The van der Waals surface area contributed by atoms with Crippen LogP contribution in [0.4, 0.5) is 11.4 Å². The average molecular weight is 255 g/mol. The zero-order valence-corrected chi connectivity index (χ0v) is 10.5. The van der Waals surface area contributed by atoms with E-state index in [1.54, 1.807) is 12.1 Å². The lowest BCUT2D eigenvalue weighted by molar-refractivity contribution is 0.309. The van der Waals surface area contributed by atoms with Gasteiger partial charge in [-0.1, -0.05) is 6.92 Å². The zero-order valence-electron chi connectivity index (χ0n) is 9.68. The number of nitrogens with two attached hydrogens (primary N) is 2. The summed E-state index contributed by atoms with van der Waals surface area (Å²) in [6, 6.07) is 5.05. The van der Waals surface area contributed by atoms with Gasteiger partial charge >= 0.3 is 0 Å². The molecule has 5 nitrogen and oxygen atoms in total. The van der Waals surface area contributed by atoms with Crippen LogP contribution in [0.5, 0.6) is 0 Å². The summed E-state index contributed by atoms with van der Waals surface area (Å²) in [7, 11) is -3.74. The van der Waals surface area contributed by atoms with Gasteiger partial charge < -0.3 is 11.1 Å². The molecule has 0 heterocycles. The summed E-state index contributed by atoms with van der Waals surface area (Å²) in [5.41, 5.74) is 6.51. The molecule has 5 N–H and O–H groups in total. The first-order chi connectivity index (χ1) is 7.86. The molecule has 1 aliphatic carbocycles. The average Bonchev–Trinajstić information content (AvgIpc) is 2.16. The van der Waals surface area contributed by atoms with Crippen molar-refractivity contribution in [1.82, 2.24) is 0 Å². The van der Waals surface area contributed by atoms with Gasteiger partial charge in [-0.15, -0.1) is 0 Å². The van der Waals surface area contributed by atoms with Crippen molar-refractivity contribution in [2.75, 3.05) is 11.1 Å². The fourth-order valence-electron chi connectivity index (χ4n) is 2.13. The lowest BCUT2D eigenvalue weighted by Crippen LogP contribution is -2.34. The van der Waals surface area contributed by atoms with Gasteiger partial charge in [0.2, 0.25) is 10.0 Å². The molecule has 0 bridgehead atoms. The third-order valence-electron chi connectivity index (χ3n) is 3.05. The number of hydrogen-bond donors (Lipinski definition) is 3. The molecule has 0 amide bonds. The molecule has 1 fully saturated rings. The van der Waals surface area contributed by atoms with Gasteiger partial charge in [-0.2, -0.15) is 0 Å². The van der Waals surface area contributed by atoms with E-state index in [-0.39, 0.29) is 4.90 Å². The van der Waals surface area contributed by atoms with E-state index in [0.29, 0.717) is 23.3 Å².